The second-order valence-electron chi connectivity index (χ2n) is 7.75. The molecule has 8 nitrogen and oxygen atoms in total. The zero-order chi connectivity index (χ0) is 22.6. The summed E-state index contributed by atoms with van der Waals surface area (Å²) < 4.78 is 34.1. The number of benzene rings is 1. The summed E-state index contributed by atoms with van der Waals surface area (Å²) >= 11 is 0. The fraction of sp³-hybridized carbons (Fsp3) is 0.571. The largest absolute Gasteiger partial charge is 0.487 e. The van der Waals surface area contributed by atoms with Crippen molar-refractivity contribution < 1.29 is 28.2 Å². The van der Waals surface area contributed by atoms with Crippen LogP contribution in [0.3, 0.4) is 0 Å². The summed E-state index contributed by atoms with van der Waals surface area (Å²) in [7, 11) is -2.27. The molecule has 0 aromatic heterocycles. The van der Waals surface area contributed by atoms with Gasteiger partial charge in [0.05, 0.1) is 13.2 Å². The van der Waals surface area contributed by atoms with E-state index in [0.29, 0.717) is 5.56 Å². The van der Waals surface area contributed by atoms with Crippen molar-refractivity contribution in [1.82, 2.24) is 9.21 Å². The minimum absolute atomic E-state index is 0.0206. The second-order valence-corrected chi connectivity index (χ2v) is 9.61. The quantitative estimate of drug-likeness (QED) is 0.669. The van der Waals surface area contributed by atoms with Gasteiger partial charge < -0.3 is 19.8 Å². The van der Waals surface area contributed by atoms with E-state index in [0.717, 1.165) is 0 Å². The molecule has 2 rings (SSSR count). The number of aliphatic hydroxyl groups excluding tert-OH is 2. The van der Waals surface area contributed by atoms with Crippen molar-refractivity contribution in [3.8, 4) is 17.6 Å². The number of fused-ring (bicyclic) bond motifs is 1. The van der Waals surface area contributed by atoms with E-state index in [1.165, 1.54) is 35.2 Å². The number of carbonyl (C=O) groups excluding carboxylic acids is 1. The van der Waals surface area contributed by atoms with Crippen LogP contribution in [0.1, 0.15) is 33.3 Å². The molecule has 0 saturated carbocycles. The Morgan fingerprint density at radius 3 is 2.63 bits per heavy atom. The van der Waals surface area contributed by atoms with Gasteiger partial charge in [-0.15, -0.1) is 0 Å². The Bertz CT molecular complexity index is 935. The van der Waals surface area contributed by atoms with Crippen LogP contribution in [0.25, 0.3) is 0 Å². The van der Waals surface area contributed by atoms with E-state index < -0.39 is 28.3 Å². The van der Waals surface area contributed by atoms with Crippen molar-refractivity contribution in [2.24, 2.45) is 5.92 Å². The molecule has 1 aromatic rings. The van der Waals surface area contributed by atoms with Crippen molar-refractivity contribution in [1.29, 1.82) is 0 Å². The lowest BCUT2D eigenvalue weighted by Gasteiger charge is -2.37. The maximum atomic E-state index is 13.3. The van der Waals surface area contributed by atoms with Crippen molar-refractivity contribution in [3.05, 3.63) is 23.8 Å². The van der Waals surface area contributed by atoms with Gasteiger partial charge in [0.25, 0.3) is 0 Å². The van der Waals surface area contributed by atoms with E-state index in [9.17, 15) is 23.4 Å². The first-order valence-corrected chi connectivity index (χ1v) is 11.3. The summed E-state index contributed by atoms with van der Waals surface area (Å²) in [6, 6.07) is 3.89. The molecule has 1 aliphatic rings. The number of nitrogens with zero attached hydrogens (tertiary/aromatic N) is 2. The van der Waals surface area contributed by atoms with Gasteiger partial charge in [0, 0.05) is 38.0 Å². The fourth-order valence-corrected chi connectivity index (χ4v) is 4.93. The van der Waals surface area contributed by atoms with Gasteiger partial charge in [-0.3, -0.25) is 4.79 Å². The Labute approximate surface area is 178 Å². The Morgan fingerprint density at radius 1 is 1.40 bits per heavy atom. The van der Waals surface area contributed by atoms with Crippen LogP contribution in [0.15, 0.2) is 23.1 Å². The highest BCUT2D eigenvalue weighted by Crippen LogP contribution is 2.34. The zero-order valence-electron chi connectivity index (χ0n) is 18.0. The Morgan fingerprint density at radius 2 is 2.07 bits per heavy atom. The second kappa shape index (κ2) is 9.79. The molecule has 9 heteroatoms. The first kappa shape index (κ1) is 24.2. The summed E-state index contributed by atoms with van der Waals surface area (Å²) in [5.74, 6) is 5.17. The Hall–Kier alpha value is -2.12. The number of hydrogen-bond acceptors (Lipinski definition) is 6. The molecular formula is C21H30N2O6S. The summed E-state index contributed by atoms with van der Waals surface area (Å²) in [6.45, 7) is 6.59. The van der Waals surface area contributed by atoms with E-state index in [1.807, 2.05) is 6.92 Å². The van der Waals surface area contributed by atoms with Gasteiger partial charge in [-0.25, -0.2) is 8.42 Å². The van der Waals surface area contributed by atoms with Gasteiger partial charge in [-0.2, -0.15) is 4.31 Å². The van der Waals surface area contributed by atoms with E-state index >= 15 is 0 Å². The minimum atomic E-state index is -3.93. The molecule has 0 radical (unpaired) electrons. The highest BCUT2D eigenvalue weighted by molar-refractivity contribution is 7.89. The first-order chi connectivity index (χ1) is 14.0. The smallest absolute Gasteiger partial charge is 0.247 e. The number of likely N-dealkylation sites (N-methyl/N-ethyl adjacent to an activating group) is 1. The number of aliphatic hydroxyl groups is 2. The molecule has 1 aromatic carbocycles. The van der Waals surface area contributed by atoms with Crippen LogP contribution in [-0.4, -0.2) is 78.7 Å². The van der Waals surface area contributed by atoms with Crippen LogP contribution in [0, 0.1) is 17.8 Å². The molecule has 1 heterocycles. The van der Waals surface area contributed by atoms with Crippen LogP contribution in [0.2, 0.25) is 0 Å². The monoisotopic (exact) mass is 438 g/mol. The highest BCUT2D eigenvalue weighted by Gasteiger charge is 2.38. The fourth-order valence-electron chi connectivity index (χ4n) is 3.11. The Balaban J connectivity index is 2.60. The highest BCUT2D eigenvalue weighted by atomic mass is 32.2. The maximum Gasteiger partial charge on any atom is 0.247 e. The predicted molar refractivity (Wildman–Crippen MR) is 112 cm³/mol. The number of hydrogen-bond donors (Lipinski definition) is 2. The zero-order valence-corrected chi connectivity index (χ0v) is 18.8. The number of ether oxygens (including phenoxy) is 1. The topological polar surface area (TPSA) is 107 Å². The standard InChI is InChI=1S/C21H30N2O6S/c1-14-11-23(15(2)13-24)30(27,28)21-9-8-18(7-6-16(3)25)10-19(21)29-20(14)12-22(5)17(4)26/h8-10,14-16,20,24-25H,11-13H2,1-5H3/t14-,15-,16+,20+/m0/s1. The van der Waals surface area contributed by atoms with Crippen molar-refractivity contribution in [3.63, 3.8) is 0 Å². The Kier molecular flexibility index (Phi) is 7.88. The molecule has 0 spiro atoms. The van der Waals surface area contributed by atoms with E-state index in [1.54, 1.807) is 20.0 Å². The van der Waals surface area contributed by atoms with Gasteiger partial charge in [-0.1, -0.05) is 18.8 Å². The van der Waals surface area contributed by atoms with Gasteiger partial charge in [0.2, 0.25) is 15.9 Å². The van der Waals surface area contributed by atoms with Gasteiger partial charge in [0.1, 0.15) is 22.9 Å². The van der Waals surface area contributed by atoms with E-state index in [-0.39, 0.29) is 42.2 Å². The first-order valence-electron chi connectivity index (χ1n) is 9.82. The summed E-state index contributed by atoms with van der Waals surface area (Å²) in [5, 5.41) is 19.0. The SMILES string of the molecule is CC(=O)N(C)C[C@H]1Oc2cc(C#C[C@@H](C)O)ccc2S(=O)(=O)N([C@@H](C)CO)C[C@@H]1C. The van der Waals surface area contributed by atoms with Crippen LogP contribution >= 0.6 is 0 Å². The van der Waals surface area contributed by atoms with Gasteiger partial charge in [0.15, 0.2) is 0 Å². The third-order valence-electron chi connectivity index (χ3n) is 5.08. The van der Waals surface area contributed by atoms with Crippen LogP contribution in [0.4, 0.5) is 0 Å². The summed E-state index contributed by atoms with van der Waals surface area (Å²) in [5.41, 5.74) is 0.499. The van der Waals surface area contributed by atoms with Crippen molar-refractivity contribution in [2.45, 2.75) is 50.8 Å². The molecule has 4 atom stereocenters. The molecule has 1 amide bonds. The molecule has 0 fully saturated rings. The van der Waals surface area contributed by atoms with Crippen LogP contribution in [-0.2, 0) is 14.8 Å². The normalized spacial score (nSPS) is 22.9. The van der Waals surface area contributed by atoms with Gasteiger partial charge >= 0.3 is 0 Å². The van der Waals surface area contributed by atoms with E-state index in [2.05, 4.69) is 11.8 Å². The van der Waals surface area contributed by atoms with Crippen molar-refractivity contribution in [2.75, 3.05) is 26.7 Å². The molecule has 0 aliphatic carbocycles. The summed E-state index contributed by atoms with van der Waals surface area (Å²) in [4.78, 5) is 13.2. The average molecular weight is 439 g/mol. The maximum absolute atomic E-state index is 13.3. The number of rotatable bonds is 4. The predicted octanol–water partition coefficient (Wildman–Crippen LogP) is 0.666. The molecule has 0 bridgehead atoms. The third-order valence-corrected chi connectivity index (χ3v) is 7.10. The lowest BCUT2D eigenvalue weighted by molar-refractivity contribution is -0.129. The lowest BCUT2D eigenvalue weighted by atomic mass is 10.0. The third kappa shape index (κ3) is 5.52. The molecule has 2 N–H and O–H groups in total. The summed E-state index contributed by atoms with van der Waals surface area (Å²) in [6.07, 6.45) is -1.30. The van der Waals surface area contributed by atoms with Crippen LogP contribution in [0.5, 0.6) is 5.75 Å². The molecule has 1 aliphatic heterocycles. The van der Waals surface area contributed by atoms with E-state index in [4.69, 9.17) is 4.74 Å². The average Bonchev–Trinajstić information content (AvgIpc) is 2.68. The van der Waals surface area contributed by atoms with Crippen LogP contribution < -0.4 is 4.74 Å². The molecule has 166 valence electrons. The van der Waals surface area contributed by atoms with Crippen molar-refractivity contribution >= 4 is 15.9 Å². The van der Waals surface area contributed by atoms with Gasteiger partial charge in [-0.05, 0) is 32.0 Å². The minimum Gasteiger partial charge on any atom is -0.487 e. The molecule has 0 unspecified atom stereocenters. The molecule has 0 saturated heterocycles. The lowest BCUT2D eigenvalue weighted by Crippen LogP contribution is -2.50. The number of amides is 1. The molecular weight excluding hydrogens is 408 g/mol. The number of carbonyl (C=O) groups is 1. The number of sulfonamides is 1. The molecule has 30 heavy (non-hydrogen) atoms.